The van der Waals surface area contributed by atoms with E-state index in [4.69, 9.17) is 4.74 Å². The minimum absolute atomic E-state index is 0.788. The lowest BCUT2D eigenvalue weighted by atomic mass is 10.4. The number of nitrogens with zero attached hydrogens (tertiary/aromatic N) is 2. The Kier molecular flexibility index (Phi) is 9.41. The molecule has 0 aromatic carbocycles. The molecule has 0 aromatic heterocycles. The molecule has 1 rings (SSSR count). The summed E-state index contributed by atoms with van der Waals surface area (Å²) in [6, 6.07) is 0.840. The van der Waals surface area contributed by atoms with E-state index in [9.17, 15) is 0 Å². The van der Waals surface area contributed by atoms with E-state index in [1.165, 1.54) is 12.8 Å². The van der Waals surface area contributed by atoms with Crippen LogP contribution in [0.2, 0.25) is 0 Å². The predicted octanol–water partition coefficient (Wildman–Crippen LogP) is 1.45. The molecule has 5 heteroatoms. The van der Waals surface area contributed by atoms with E-state index in [0.29, 0.717) is 0 Å². The topological polar surface area (TPSA) is 48.9 Å². The number of nitrogens with one attached hydrogen (secondary N) is 2. The Hall–Kier alpha value is -0.810. The van der Waals surface area contributed by atoms with Crippen LogP contribution in [0.5, 0.6) is 0 Å². The molecule has 0 amide bonds. The van der Waals surface area contributed by atoms with Gasteiger partial charge in [0.05, 0.1) is 0 Å². The summed E-state index contributed by atoms with van der Waals surface area (Å²) in [6.45, 7) is 12.9. The van der Waals surface area contributed by atoms with Crippen molar-refractivity contribution in [3.8, 4) is 0 Å². The van der Waals surface area contributed by atoms with Gasteiger partial charge in [0.25, 0.3) is 0 Å². The van der Waals surface area contributed by atoms with Gasteiger partial charge in [0, 0.05) is 45.4 Å². The van der Waals surface area contributed by atoms with Crippen molar-refractivity contribution in [2.45, 2.75) is 46.1 Å². The Balaban J connectivity index is 2.17. The predicted molar refractivity (Wildman–Crippen MR) is 85.4 cm³/mol. The van der Waals surface area contributed by atoms with Crippen LogP contribution in [0.25, 0.3) is 0 Å². The second kappa shape index (κ2) is 10.9. The van der Waals surface area contributed by atoms with Gasteiger partial charge < -0.3 is 15.4 Å². The molecule has 118 valence electrons. The van der Waals surface area contributed by atoms with Gasteiger partial charge in [-0.25, -0.2) is 0 Å². The first-order valence-corrected chi connectivity index (χ1v) is 8.15. The second-order valence-corrected chi connectivity index (χ2v) is 5.10. The lowest BCUT2D eigenvalue weighted by molar-refractivity contribution is 0.146. The van der Waals surface area contributed by atoms with Crippen molar-refractivity contribution in [3.63, 3.8) is 0 Å². The van der Waals surface area contributed by atoms with Crippen molar-refractivity contribution in [3.05, 3.63) is 0 Å². The molecule has 0 spiro atoms. The van der Waals surface area contributed by atoms with Crippen molar-refractivity contribution in [1.29, 1.82) is 0 Å². The van der Waals surface area contributed by atoms with Crippen LogP contribution in [0.1, 0.15) is 40.0 Å². The Labute approximate surface area is 124 Å². The Morgan fingerprint density at radius 2 is 2.05 bits per heavy atom. The molecule has 5 nitrogen and oxygen atoms in total. The zero-order valence-corrected chi connectivity index (χ0v) is 13.5. The summed E-state index contributed by atoms with van der Waals surface area (Å²) in [7, 11) is 0. The highest BCUT2D eigenvalue weighted by atomic mass is 16.5. The van der Waals surface area contributed by atoms with Crippen molar-refractivity contribution in [2.75, 3.05) is 45.9 Å². The van der Waals surface area contributed by atoms with Crippen LogP contribution in [0.3, 0.4) is 0 Å². The highest BCUT2D eigenvalue weighted by Gasteiger charge is 2.27. The first-order chi connectivity index (χ1) is 9.81. The number of aliphatic imine (C=N–C) groups is 1. The van der Waals surface area contributed by atoms with Crippen LogP contribution in [0, 0.1) is 0 Å². The SMILES string of the molecule is CCNC(=NCCCOCC)NCCN(CC)C1CC1. The average molecular weight is 284 g/mol. The average Bonchev–Trinajstić information content (AvgIpc) is 3.27. The van der Waals surface area contributed by atoms with Crippen LogP contribution >= 0.6 is 0 Å². The van der Waals surface area contributed by atoms with Crippen LogP contribution in [-0.4, -0.2) is 62.8 Å². The van der Waals surface area contributed by atoms with Crippen molar-refractivity contribution < 1.29 is 4.74 Å². The summed E-state index contributed by atoms with van der Waals surface area (Å²) in [4.78, 5) is 7.11. The first-order valence-electron chi connectivity index (χ1n) is 8.15. The quantitative estimate of drug-likeness (QED) is 0.342. The molecule has 20 heavy (non-hydrogen) atoms. The van der Waals surface area contributed by atoms with Gasteiger partial charge in [-0.3, -0.25) is 9.89 Å². The fourth-order valence-corrected chi connectivity index (χ4v) is 2.20. The van der Waals surface area contributed by atoms with E-state index in [0.717, 1.165) is 64.4 Å². The number of ether oxygens (including phenoxy) is 1. The van der Waals surface area contributed by atoms with Gasteiger partial charge in [-0.15, -0.1) is 0 Å². The Morgan fingerprint density at radius 1 is 1.25 bits per heavy atom. The van der Waals surface area contributed by atoms with Crippen LogP contribution in [0.4, 0.5) is 0 Å². The Bertz CT molecular complexity index is 267. The van der Waals surface area contributed by atoms with Crippen LogP contribution in [-0.2, 0) is 4.74 Å². The van der Waals surface area contributed by atoms with E-state index in [1.807, 2.05) is 6.92 Å². The minimum Gasteiger partial charge on any atom is -0.382 e. The van der Waals surface area contributed by atoms with Gasteiger partial charge in [-0.1, -0.05) is 6.92 Å². The lowest BCUT2D eigenvalue weighted by Gasteiger charge is -2.20. The molecule has 0 aromatic rings. The molecular formula is C15H32N4O. The fourth-order valence-electron chi connectivity index (χ4n) is 2.20. The van der Waals surface area contributed by atoms with E-state index in [-0.39, 0.29) is 0 Å². The van der Waals surface area contributed by atoms with Crippen LogP contribution in [0.15, 0.2) is 4.99 Å². The van der Waals surface area contributed by atoms with E-state index in [1.54, 1.807) is 0 Å². The number of rotatable bonds is 11. The summed E-state index contributed by atoms with van der Waals surface area (Å²) in [6.07, 6.45) is 3.73. The third kappa shape index (κ3) is 7.70. The molecule has 1 fully saturated rings. The molecule has 0 aliphatic heterocycles. The molecule has 0 atom stereocenters. The summed E-state index contributed by atoms with van der Waals surface area (Å²) in [5.41, 5.74) is 0. The first kappa shape index (κ1) is 17.2. The maximum Gasteiger partial charge on any atom is 0.191 e. The fraction of sp³-hybridized carbons (Fsp3) is 0.933. The zero-order valence-electron chi connectivity index (χ0n) is 13.5. The smallest absolute Gasteiger partial charge is 0.191 e. The third-order valence-electron chi connectivity index (χ3n) is 3.43. The van der Waals surface area contributed by atoms with Gasteiger partial charge in [-0.05, 0) is 39.7 Å². The van der Waals surface area contributed by atoms with Crippen molar-refractivity contribution in [2.24, 2.45) is 4.99 Å². The zero-order chi connectivity index (χ0) is 14.6. The standard InChI is InChI=1S/C15H32N4O/c1-4-16-15(17-10-7-13-20-6-3)18-11-12-19(5-2)14-8-9-14/h14H,4-13H2,1-3H3,(H2,16,17,18). The molecule has 1 aliphatic carbocycles. The maximum absolute atomic E-state index is 5.32. The molecule has 0 saturated heterocycles. The number of likely N-dealkylation sites (N-methyl/N-ethyl adjacent to an activating group) is 1. The second-order valence-electron chi connectivity index (χ2n) is 5.10. The van der Waals surface area contributed by atoms with Crippen molar-refractivity contribution >= 4 is 5.96 Å². The summed E-state index contributed by atoms with van der Waals surface area (Å²) in [5, 5.41) is 6.71. The van der Waals surface area contributed by atoms with Crippen LogP contribution < -0.4 is 10.6 Å². The summed E-state index contributed by atoms with van der Waals surface area (Å²) >= 11 is 0. The number of hydrogen-bond acceptors (Lipinski definition) is 3. The van der Waals surface area contributed by atoms with E-state index in [2.05, 4.69) is 34.4 Å². The van der Waals surface area contributed by atoms with E-state index >= 15 is 0 Å². The number of hydrogen-bond donors (Lipinski definition) is 2. The molecule has 0 heterocycles. The van der Waals surface area contributed by atoms with Gasteiger partial charge in [-0.2, -0.15) is 0 Å². The molecule has 0 radical (unpaired) electrons. The molecule has 2 N–H and O–H groups in total. The van der Waals surface area contributed by atoms with Gasteiger partial charge >= 0.3 is 0 Å². The van der Waals surface area contributed by atoms with Gasteiger partial charge in [0.2, 0.25) is 0 Å². The maximum atomic E-state index is 5.32. The largest absolute Gasteiger partial charge is 0.382 e. The normalized spacial score (nSPS) is 15.7. The lowest BCUT2D eigenvalue weighted by Crippen LogP contribution is -2.42. The summed E-state index contributed by atoms with van der Waals surface area (Å²) in [5.74, 6) is 0.927. The highest BCUT2D eigenvalue weighted by Crippen LogP contribution is 2.25. The molecular weight excluding hydrogens is 252 g/mol. The third-order valence-corrected chi connectivity index (χ3v) is 3.43. The monoisotopic (exact) mass is 284 g/mol. The summed E-state index contributed by atoms with van der Waals surface area (Å²) < 4.78 is 5.32. The molecule has 1 aliphatic rings. The Morgan fingerprint density at radius 3 is 2.65 bits per heavy atom. The van der Waals surface area contributed by atoms with Crippen molar-refractivity contribution in [1.82, 2.24) is 15.5 Å². The van der Waals surface area contributed by atoms with E-state index < -0.39 is 0 Å². The molecule has 0 bridgehead atoms. The molecule has 0 unspecified atom stereocenters. The molecule has 1 saturated carbocycles. The van der Waals surface area contributed by atoms with Gasteiger partial charge in [0.15, 0.2) is 5.96 Å². The minimum atomic E-state index is 0.788. The number of guanidine groups is 1. The highest BCUT2D eigenvalue weighted by molar-refractivity contribution is 5.79. The van der Waals surface area contributed by atoms with Gasteiger partial charge in [0.1, 0.15) is 0 Å².